The number of benzene rings is 1. The monoisotopic (exact) mass is 267 g/mol. The lowest BCUT2D eigenvalue weighted by atomic mass is 10.1. The normalized spacial score (nSPS) is 15.2. The first-order chi connectivity index (χ1) is 7.64. The third-order valence-corrected chi connectivity index (χ3v) is 2.35. The van der Waals surface area contributed by atoms with Gasteiger partial charge in [0.15, 0.2) is 0 Å². The van der Waals surface area contributed by atoms with Crippen LogP contribution >= 0.6 is 11.6 Å². The first-order valence-corrected chi connectivity index (χ1v) is 4.88. The van der Waals surface area contributed by atoms with E-state index in [1.165, 1.54) is 24.3 Å². The maximum absolute atomic E-state index is 12.3. The molecule has 1 aromatic carbocycles. The van der Waals surface area contributed by atoms with Gasteiger partial charge in [-0.25, -0.2) is 0 Å². The van der Waals surface area contributed by atoms with Crippen LogP contribution in [0, 0.1) is 0 Å². The summed E-state index contributed by atoms with van der Waals surface area (Å²) in [4.78, 5) is 11.3. The Bertz CT molecular complexity index is 415. The third kappa shape index (κ3) is 3.10. The van der Waals surface area contributed by atoms with Gasteiger partial charge in [-0.3, -0.25) is 4.79 Å². The third-order valence-electron chi connectivity index (χ3n) is 2.10. The average Bonchev–Trinajstić information content (AvgIpc) is 2.19. The van der Waals surface area contributed by atoms with E-state index < -0.39 is 17.7 Å². The number of alkyl halides is 3. The molecule has 0 bridgehead atoms. The standard InChI is InChI=1S/C10H9ClF3NO2/c1-9(17,10(12,13)14)8(16)15-7-4-2-6(11)3-5-7/h2-5,17H,1H3,(H,15,16)/t9-/m1/s1. The molecule has 0 saturated carbocycles. The fourth-order valence-electron chi connectivity index (χ4n) is 0.915. The van der Waals surface area contributed by atoms with Gasteiger partial charge < -0.3 is 10.4 Å². The Balaban J connectivity index is 2.83. The topological polar surface area (TPSA) is 49.3 Å². The highest BCUT2D eigenvalue weighted by molar-refractivity contribution is 6.30. The number of rotatable bonds is 2. The van der Waals surface area contributed by atoms with Crippen LogP contribution in [0.4, 0.5) is 18.9 Å². The van der Waals surface area contributed by atoms with E-state index in [0.717, 1.165) is 0 Å². The van der Waals surface area contributed by atoms with Crippen molar-refractivity contribution >= 4 is 23.2 Å². The van der Waals surface area contributed by atoms with Gasteiger partial charge in [-0.1, -0.05) is 11.6 Å². The number of carbonyl (C=O) groups is 1. The Kier molecular flexibility index (Phi) is 3.68. The highest BCUT2D eigenvalue weighted by Crippen LogP contribution is 2.31. The predicted octanol–water partition coefficient (Wildman–Crippen LogP) is 2.59. The summed E-state index contributed by atoms with van der Waals surface area (Å²) in [6.45, 7) is 0.387. The van der Waals surface area contributed by atoms with Crippen LogP contribution < -0.4 is 5.32 Å². The number of carbonyl (C=O) groups excluding carboxylic acids is 1. The summed E-state index contributed by atoms with van der Waals surface area (Å²) in [5.41, 5.74) is -3.32. The van der Waals surface area contributed by atoms with Gasteiger partial charge in [0.25, 0.3) is 5.91 Å². The van der Waals surface area contributed by atoms with Crippen LogP contribution in [0.3, 0.4) is 0 Å². The molecule has 1 rings (SSSR count). The molecule has 0 radical (unpaired) electrons. The number of amides is 1. The lowest BCUT2D eigenvalue weighted by molar-refractivity contribution is -0.242. The van der Waals surface area contributed by atoms with Crippen LogP contribution in [0.5, 0.6) is 0 Å². The summed E-state index contributed by atoms with van der Waals surface area (Å²) in [6.07, 6.45) is -5.04. The average molecular weight is 268 g/mol. The number of anilines is 1. The molecule has 17 heavy (non-hydrogen) atoms. The van der Waals surface area contributed by atoms with Gasteiger partial charge in [-0.2, -0.15) is 13.2 Å². The van der Waals surface area contributed by atoms with Crippen molar-refractivity contribution in [3.05, 3.63) is 29.3 Å². The van der Waals surface area contributed by atoms with E-state index in [0.29, 0.717) is 11.9 Å². The van der Waals surface area contributed by atoms with Crippen LogP contribution in [0.25, 0.3) is 0 Å². The van der Waals surface area contributed by atoms with Crippen LogP contribution in [0.1, 0.15) is 6.92 Å². The van der Waals surface area contributed by atoms with Crippen molar-refractivity contribution in [2.24, 2.45) is 0 Å². The van der Waals surface area contributed by atoms with Crippen molar-refractivity contribution in [1.29, 1.82) is 0 Å². The predicted molar refractivity (Wildman–Crippen MR) is 56.8 cm³/mol. The minimum atomic E-state index is -5.04. The van der Waals surface area contributed by atoms with Crippen LogP contribution in [0.2, 0.25) is 5.02 Å². The maximum Gasteiger partial charge on any atom is 0.426 e. The Morgan fingerprint density at radius 2 is 1.76 bits per heavy atom. The van der Waals surface area contributed by atoms with Gasteiger partial charge in [0.2, 0.25) is 5.60 Å². The van der Waals surface area contributed by atoms with E-state index in [1.54, 1.807) is 0 Å². The molecule has 0 aliphatic rings. The summed E-state index contributed by atoms with van der Waals surface area (Å²) in [7, 11) is 0. The molecule has 94 valence electrons. The molecule has 0 saturated heterocycles. The molecule has 1 amide bonds. The van der Waals surface area contributed by atoms with Crippen molar-refractivity contribution in [3.63, 3.8) is 0 Å². The SMILES string of the molecule is C[C@@](O)(C(=O)Nc1ccc(Cl)cc1)C(F)(F)F. The van der Waals surface area contributed by atoms with Gasteiger partial charge in [0, 0.05) is 10.7 Å². The van der Waals surface area contributed by atoms with Gasteiger partial charge in [0.1, 0.15) is 0 Å². The summed E-state index contributed by atoms with van der Waals surface area (Å²) in [5.74, 6) is -1.55. The second-order valence-electron chi connectivity index (χ2n) is 3.53. The van der Waals surface area contributed by atoms with Crippen LogP contribution in [-0.4, -0.2) is 22.8 Å². The molecule has 1 aromatic rings. The van der Waals surface area contributed by atoms with Crippen molar-refractivity contribution in [3.8, 4) is 0 Å². The Morgan fingerprint density at radius 3 is 2.18 bits per heavy atom. The Labute approximate surface area is 100 Å². The maximum atomic E-state index is 12.3. The highest BCUT2D eigenvalue weighted by atomic mass is 35.5. The highest BCUT2D eigenvalue weighted by Gasteiger charge is 2.55. The molecule has 1 atom stereocenters. The quantitative estimate of drug-likeness (QED) is 0.865. The molecule has 3 nitrogen and oxygen atoms in total. The van der Waals surface area contributed by atoms with Crippen LogP contribution in [-0.2, 0) is 4.79 Å². The fourth-order valence-corrected chi connectivity index (χ4v) is 1.04. The molecule has 0 aromatic heterocycles. The molecule has 0 spiro atoms. The summed E-state index contributed by atoms with van der Waals surface area (Å²) >= 11 is 5.57. The van der Waals surface area contributed by atoms with E-state index in [2.05, 4.69) is 0 Å². The van der Waals surface area contributed by atoms with Crippen molar-refractivity contribution in [2.75, 3.05) is 5.32 Å². The summed E-state index contributed by atoms with van der Waals surface area (Å²) in [5, 5.41) is 11.4. The van der Waals surface area contributed by atoms with Crippen molar-refractivity contribution in [2.45, 2.75) is 18.7 Å². The van der Waals surface area contributed by atoms with Crippen molar-refractivity contribution < 1.29 is 23.1 Å². The lowest BCUT2D eigenvalue weighted by Crippen LogP contribution is -2.52. The van der Waals surface area contributed by atoms with Gasteiger partial charge in [0.05, 0.1) is 0 Å². The summed E-state index contributed by atoms with van der Waals surface area (Å²) < 4.78 is 37.0. The zero-order valence-corrected chi connectivity index (χ0v) is 9.43. The number of hydrogen-bond acceptors (Lipinski definition) is 2. The number of aliphatic hydroxyl groups is 1. The Hall–Kier alpha value is -1.27. The van der Waals surface area contributed by atoms with Crippen LogP contribution in [0.15, 0.2) is 24.3 Å². The van der Waals surface area contributed by atoms with Gasteiger partial charge in [-0.05, 0) is 31.2 Å². The molecule has 0 fully saturated rings. The molecule has 2 N–H and O–H groups in total. The van der Waals surface area contributed by atoms with Gasteiger partial charge >= 0.3 is 6.18 Å². The minimum absolute atomic E-state index is 0.115. The van der Waals surface area contributed by atoms with E-state index >= 15 is 0 Å². The number of halogens is 4. The second-order valence-corrected chi connectivity index (χ2v) is 3.97. The zero-order valence-electron chi connectivity index (χ0n) is 8.68. The lowest BCUT2D eigenvalue weighted by Gasteiger charge is -2.24. The second kappa shape index (κ2) is 4.54. The Morgan fingerprint density at radius 1 is 1.29 bits per heavy atom. The summed E-state index contributed by atoms with van der Waals surface area (Å²) in [6, 6.07) is 5.46. The number of nitrogens with one attached hydrogen (secondary N) is 1. The van der Waals surface area contributed by atoms with Crippen molar-refractivity contribution in [1.82, 2.24) is 0 Å². The minimum Gasteiger partial charge on any atom is -0.373 e. The van der Waals surface area contributed by atoms with E-state index in [9.17, 15) is 18.0 Å². The molecule has 0 aliphatic carbocycles. The number of hydrogen-bond donors (Lipinski definition) is 2. The largest absolute Gasteiger partial charge is 0.426 e. The smallest absolute Gasteiger partial charge is 0.373 e. The molecule has 0 aliphatic heterocycles. The van der Waals surface area contributed by atoms with E-state index in [4.69, 9.17) is 16.7 Å². The molecule has 0 heterocycles. The fraction of sp³-hybridized carbons (Fsp3) is 0.300. The van der Waals surface area contributed by atoms with E-state index in [1.807, 2.05) is 5.32 Å². The molecule has 0 unspecified atom stereocenters. The molecular weight excluding hydrogens is 259 g/mol. The molecule has 7 heteroatoms. The first kappa shape index (κ1) is 13.8. The zero-order chi connectivity index (χ0) is 13.3. The van der Waals surface area contributed by atoms with E-state index in [-0.39, 0.29) is 5.69 Å². The molecular formula is C10H9ClF3NO2. The first-order valence-electron chi connectivity index (χ1n) is 4.51. The van der Waals surface area contributed by atoms with Gasteiger partial charge in [-0.15, -0.1) is 0 Å².